The van der Waals surface area contributed by atoms with Gasteiger partial charge in [-0.15, -0.1) is 0 Å². The van der Waals surface area contributed by atoms with Crippen LogP contribution in [-0.4, -0.2) is 13.7 Å². The lowest BCUT2D eigenvalue weighted by Crippen LogP contribution is -2.13. The van der Waals surface area contributed by atoms with E-state index in [1.54, 1.807) is 7.11 Å². The van der Waals surface area contributed by atoms with Crippen LogP contribution < -0.4 is 0 Å². The van der Waals surface area contributed by atoms with Crippen molar-refractivity contribution in [1.82, 2.24) is 0 Å². The topological polar surface area (TPSA) is 9.23 Å². The molecule has 0 heterocycles. The standard InChI is InChI=1S/C12H18O/c1-10-6-4-7-12(11(10)2)8-5-9-13-3/h7,10-11H,4,6,9H2,1-3H3/t10-,11+/m1/s1. The van der Waals surface area contributed by atoms with Crippen molar-refractivity contribution in [2.75, 3.05) is 13.7 Å². The fourth-order valence-corrected chi connectivity index (χ4v) is 1.62. The fraction of sp³-hybridized carbons (Fsp3) is 0.667. The molecule has 0 aliphatic heterocycles. The molecule has 1 nitrogen and oxygen atoms in total. The second kappa shape index (κ2) is 5.09. The Bertz CT molecular complexity index is 242. The Morgan fingerprint density at radius 3 is 3.00 bits per heavy atom. The van der Waals surface area contributed by atoms with Gasteiger partial charge in [-0.25, -0.2) is 0 Å². The van der Waals surface area contributed by atoms with Crippen molar-refractivity contribution in [3.8, 4) is 11.8 Å². The minimum atomic E-state index is 0.540. The second-order valence-corrected chi connectivity index (χ2v) is 3.74. The van der Waals surface area contributed by atoms with Gasteiger partial charge in [-0.05, 0) is 24.7 Å². The largest absolute Gasteiger partial charge is 0.372 e. The Morgan fingerprint density at radius 1 is 1.54 bits per heavy atom. The van der Waals surface area contributed by atoms with Crippen LogP contribution in [0.2, 0.25) is 0 Å². The minimum absolute atomic E-state index is 0.540. The van der Waals surface area contributed by atoms with Gasteiger partial charge < -0.3 is 4.74 Å². The van der Waals surface area contributed by atoms with Gasteiger partial charge in [0.15, 0.2) is 0 Å². The van der Waals surface area contributed by atoms with Crippen molar-refractivity contribution >= 4 is 0 Å². The van der Waals surface area contributed by atoms with E-state index in [0.29, 0.717) is 12.5 Å². The molecule has 13 heavy (non-hydrogen) atoms. The highest BCUT2D eigenvalue weighted by Crippen LogP contribution is 2.29. The molecule has 0 fully saturated rings. The highest BCUT2D eigenvalue weighted by atomic mass is 16.5. The summed E-state index contributed by atoms with van der Waals surface area (Å²) in [5.74, 6) is 7.60. The van der Waals surface area contributed by atoms with Crippen LogP contribution in [0.1, 0.15) is 26.7 Å². The number of ether oxygens (including phenoxy) is 1. The number of allylic oxidation sites excluding steroid dienone is 2. The molecule has 1 aliphatic carbocycles. The van der Waals surface area contributed by atoms with E-state index in [0.717, 1.165) is 5.92 Å². The van der Waals surface area contributed by atoms with Gasteiger partial charge in [-0.1, -0.05) is 31.8 Å². The van der Waals surface area contributed by atoms with Gasteiger partial charge in [0, 0.05) is 12.7 Å². The molecule has 0 bridgehead atoms. The molecule has 1 heteroatoms. The summed E-state index contributed by atoms with van der Waals surface area (Å²) in [6.07, 6.45) is 4.76. The molecule has 0 saturated heterocycles. The zero-order valence-corrected chi connectivity index (χ0v) is 8.76. The summed E-state index contributed by atoms with van der Waals surface area (Å²) in [7, 11) is 1.68. The van der Waals surface area contributed by atoms with Gasteiger partial charge in [0.1, 0.15) is 6.61 Å². The maximum absolute atomic E-state index is 4.89. The van der Waals surface area contributed by atoms with E-state index in [1.807, 2.05) is 0 Å². The van der Waals surface area contributed by atoms with Crippen molar-refractivity contribution in [2.24, 2.45) is 11.8 Å². The zero-order chi connectivity index (χ0) is 9.68. The zero-order valence-electron chi connectivity index (χ0n) is 8.76. The average molecular weight is 178 g/mol. The van der Waals surface area contributed by atoms with Crippen LogP contribution in [0.5, 0.6) is 0 Å². The average Bonchev–Trinajstić information content (AvgIpc) is 2.13. The Hall–Kier alpha value is -0.740. The highest BCUT2D eigenvalue weighted by molar-refractivity contribution is 5.32. The van der Waals surface area contributed by atoms with Gasteiger partial charge in [0.2, 0.25) is 0 Å². The van der Waals surface area contributed by atoms with E-state index >= 15 is 0 Å². The van der Waals surface area contributed by atoms with E-state index in [4.69, 9.17) is 4.74 Å². The Labute approximate surface area is 81.2 Å². The smallest absolute Gasteiger partial charge is 0.107 e. The molecule has 72 valence electrons. The van der Waals surface area contributed by atoms with Crippen LogP contribution in [0, 0.1) is 23.7 Å². The van der Waals surface area contributed by atoms with Gasteiger partial charge in [-0.2, -0.15) is 0 Å². The van der Waals surface area contributed by atoms with Crippen LogP contribution in [0.25, 0.3) is 0 Å². The van der Waals surface area contributed by atoms with Crippen molar-refractivity contribution in [3.05, 3.63) is 11.6 Å². The normalized spacial score (nSPS) is 27.5. The summed E-state index contributed by atoms with van der Waals surface area (Å²) >= 11 is 0. The molecule has 0 spiro atoms. The van der Waals surface area contributed by atoms with E-state index in [2.05, 4.69) is 31.8 Å². The molecule has 1 aliphatic rings. The van der Waals surface area contributed by atoms with Crippen molar-refractivity contribution in [2.45, 2.75) is 26.7 Å². The molecule has 0 saturated carbocycles. The molecular formula is C12H18O. The maximum atomic E-state index is 4.89. The Balaban J connectivity index is 2.59. The monoisotopic (exact) mass is 178 g/mol. The first-order valence-corrected chi connectivity index (χ1v) is 4.93. The summed E-state index contributed by atoms with van der Waals surface area (Å²) in [6.45, 7) is 5.10. The van der Waals surface area contributed by atoms with Crippen LogP contribution >= 0.6 is 0 Å². The Kier molecular flexibility index (Phi) is 4.05. The molecule has 0 N–H and O–H groups in total. The predicted molar refractivity (Wildman–Crippen MR) is 55.3 cm³/mol. The van der Waals surface area contributed by atoms with Gasteiger partial charge in [-0.3, -0.25) is 0 Å². The van der Waals surface area contributed by atoms with Gasteiger partial charge in [0.25, 0.3) is 0 Å². The van der Waals surface area contributed by atoms with Crippen LogP contribution in [-0.2, 0) is 4.74 Å². The predicted octanol–water partition coefficient (Wildman–Crippen LogP) is 2.63. The lowest BCUT2D eigenvalue weighted by Gasteiger charge is -2.23. The van der Waals surface area contributed by atoms with Crippen molar-refractivity contribution in [3.63, 3.8) is 0 Å². The number of rotatable bonds is 1. The second-order valence-electron chi connectivity index (χ2n) is 3.74. The fourth-order valence-electron chi connectivity index (χ4n) is 1.62. The molecule has 0 aromatic rings. The number of hydrogen-bond acceptors (Lipinski definition) is 1. The molecule has 0 unspecified atom stereocenters. The maximum Gasteiger partial charge on any atom is 0.107 e. The molecule has 0 amide bonds. The van der Waals surface area contributed by atoms with Crippen molar-refractivity contribution < 1.29 is 4.74 Å². The number of hydrogen-bond donors (Lipinski definition) is 0. The van der Waals surface area contributed by atoms with Crippen LogP contribution in [0.15, 0.2) is 11.6 Å². The summed E-state index contributed by atoms with van der Waals surface area (Å²) in [6, 6.07) is 0. The van der Waals surface area contributed by atoms with Crippen LogP contribution in [0.4, 0.5) is 0 Å². The third-order valence-corrected chi connectivity index (χ3v) is 2.78. The quantitative estimate of drug-likeness (QED) is 0.561. The van der Waals surface area contributed by atoms with E-state index in [9.17, 15) is 0 Å². The molecule has 0 radical (unpaired) electrons. The molecule has 2 atom stereocenters. The van der Waals surface area contributed by atoms with E-state index in [1.165, 1.54) is 18.4 Å². The third-order valence-electron chi connectivity index (χ3n) is 2.78. The van der Waals surface area contributed by atoms with E-state index < -0.39 is 0 Å². The number of methoxy groups -OCH3 is 1. The summed E-state index contributed by atoms with van der Waals surface area (Å²) in [5, 5.41) is 0. The molecule has 0 aromatic heterocycles. The van der Waals surface area contributed by atoms with Crippen molar-refractivity contribution in [1.29, 1.82) is 0 Å². The lowest BCUT2D eigenvalue weighted by atomic mass is 9.81. The first-order valence-electron chi connectivity index (χ1n) is 4.93. The summed E-state index contributed by atoms with van der Waals surface area (Å²) in [5.41, 5.74) is 1.30. The minimum Gasteiger partial charge on any atom is -0.372 e. The highest BCUT2D eigenvalue weighted by Gasteiger charge is 2.18. The molecule has 1 rings (SSSR count). The summed E-state index contributed by atoms with van der Waals surface area (Å²) < 4.78 is 4.89. The third kappa shape index (κ3) is 2.90. The van der Waals surface area contributed by atoms with Gasteiger partial charge in [0.05, 0.1) is 0 Å². The first kappa shape index (κ1) is 10.3. The molecule has 0 aromatic carbocycles. The molecular weight excluding hydrogens is 160 g/mol. The SMILES string of the molecule is COCC#CC1=CCC[C@@H](C)[C@@H]1C. The summed E-state index contributed by atoms with van der Waals surface area (Å²) in [4.78, 5) is 0. The van der Waals surface area contributed by atoms with Crippen LogP contribution in [0.3, 0.4) is 0 Å². The van der Waals surface area contributed by atoms with E-state index in [-0.39, 0.29) is 0 Å². The van der Waals surface area contributed by atoms with Gasteiger partial charge >= 0.3 is 0 Å². The first-order chi connectivity index (χ1) is 6.25. The Morgan fingerprint density at radius 2 is 2.31 bits per heavy atom. The lowest BCUT2D eigenvalue weighted by molar-refractivity contribution is 0.239.